The Kier molecular flexibility index (Phi) is 3.07. The Bertz CT molecular complexity index is 371. The number of nitrogens with two attached hydrogens (primary N) is 1. The van der Waals surface area contributed by atoms with Gasteiger partial charge in [0.2, 0.25) is 11.5 Å². The van der Waals surface area contributed by atoms with Gasteiger partial charge in [0.1, 0.15) is 0 Å². The average molecular weight is 224 g/mol. The standard InChI is InChI=1S/C10H16N4O2/c1-14(7-5-3-2-4-6-7)10(15)8-9(11)13-16-12-8/h7H,2-6H2,1H3,(H2,11,13). The van der Waals surface area contributed by atoms with Crippen molar-refractivity contribution in [3.05, 3.63) is 5.69 Å². The van der Waals surface area contributed by atoms with E-state index in [0.717, 1.165) is 12.8 Å². The van der Waals surface area contributed by atoms with Crippen molar-refractivity contribution in [2.45, 2.75) is 38.1 Å². The van der Waals surface area contributed by atoms with Crippen LogP contribution in [0, 0.1) is 0 Å². The maximum absolute atomic E-state index is 12.0. The van der Waals surface area contributed by atoms with Gasteiger partial charge in [-0.1, -0.05) is 19.3 Å². The summed E-state index contributed by atoms with van der Waals surface area (Å²) >= 11 is 0. The summed E-state index contributed by atoms with van der Waals surface area (Å²) < 4.78 is 4.43. The highest BCUT2D eigenvalue weighted by molar-refractivity contribution is 5.96. The first-order valence-corrected chi connectivity index (χ1v) is 5.55. The molecule has 1 aliphatic rings. The molecule has 1 heterocycles. The second-order valence-corrected chi connectivity index (χ2v) is 4.21. The molecular weight excluding hydrogens is 208 g/mol. The summed E-state index contributed by atoms with van der Waals surface area (Å²) in [7, 11) is 1.78. The third-order valence-corrected chi connectivity index (χ3v) is 3.16. The van der Waals surface area contributed by atoms with Crippen LogP contribution in [0.4, 0.5) is 5.82 Å². The van der Waals surface area contributed by atoms with Crippen LogP contribution in [-0.4, -0.2) is 34.2 Å². The molecule has 2 rings (SSSR count). The maximum Gasteiger partial charge on any atom is 0.280 e. The van der Waals surface area contributed by atoms with E-state index in [1.807, 2.05) is 0 Å². The highest BCUT2D eigenvalue weighted by Crippen LogP contribution is 2.23. The Labute approximate surface area is 93.7 Å². The van der Waals surface area contributed by atoms with Crippen molar-refractivity contribution in [1.82, 2.24) is 15.2 Å². The molecule has 1 saturated carbocycles. The lowest BCUT2D eigenvalue weighted by atomic mass is 9.94. The fraction of sp³-hybridized carbons (Fsp3) is 0.700. The molecule has 1 aromatic heterocycles. The minimum absolute atomic E-state index is 0.0626. The quantitative estimate of drug-likeness (QED) is 0.811. The van der Waals surface area contributed by atoms with Crippen LogP contribution >= 0.6 is 0 Å². The molecule has 88 valence electrons. The Morgan fingerprint density at radius 2 is 2.06 bits per heavy atom. The normalized spacial score (nSPS) is 17.3. The first kappa shape index (κ1) is 10.9. The first-order chi connectivity index (χ1) is 7.70. The second-order valence-electron chi connectivity index (χ2n) is 4.21. The number of anilines is 1. The zero-order valence-electron chi connectivity index (χ0n) is 9.35. The predicted molar refractivity (Wildman–Crippen MR) is 57.7 cm³/mol. The molecule has 1 amide bonds. The van der Waals surface area contributed by atoms with E-state index in [1.165, 1.54) is 19.3 Å². The summed E-state index contributed by atoms with van der Waals surface area (Å²) in [6, 6.07) is 0.289. The number of nitrogens with zero attached hydrogens (tertiary/aromatic N) is 3. The number of carbonyl (C=O) groups is 1. The van der Waals surface area contributed by atoms with E-state index in [4.69, 9.17) is 5.73 Å². The van der Waals surface area contributed by atoms with Gasteiger partial charge in [0.05, 0.1) is 0 Å². The van der Waals surface area contributed by atoms with Gasteiger partial charge in [-0.05, 0) is 23.2 Å². The van der Waals surface area contributed by atoms with Crippen LogP contribution in [0.3, 0.4) is 0 Å². The number of rotatable bonds is 2. The molecule has 0 atom stereocenters. The van der Waals surface area contributed by atoms with Gasteiger partial charge < -0.3 is 10.6 Å². The molecule has 1 aliphatic carbocycles. The second kappa shape index (κ2) is 4.51. The van der Waals surface area contributed by atoms with Crippen molar-refractivity contribution in [1.29, 1.82) is 0 Å². The molecule has 0 saturated heterocycles. The number of carbonyl (C=O) groups excluding carboxylic acids is 1. The summed E-state index contributed by atoms with van der Waals surface area (Å²) in [6.45, 7) is 0. The predicted octanol–water partition coefficient (Wildman–Crippen LogP) is 1.06. The molecule has 6 heteroatoms. The Morgan fingerprint density at radius 3 is 2.62 bits per heavy atom. The highest BCUT2D eigenvalue weighted by atomic mass is 16.6. The molecule has 0 aliphatic heterocycles. The smallest absolute Gasteiger partial charge is 0.280 e. The van der Waals surface area contributed by atoms with Gasteiger partial charge in [0.15, 0.2) is 0 Å². The maximum atomic E-state index is 12.0. The van der Waals surface area contributed by atoms with Crippen LogP contribution in [0.1, 0.15) is 42.6 Å². The van der Waals surface area contributed by atoms with E-state index >= 15 is 0 Å². The van der Waals surface area contributed by atoms with Gasteiger partial charge in [-0.15, -0.1) is 0 Å². The largest absolute Gasteiger partial charge is 0.379 e. The van der Waals surface area contributed by atoms with Crippen LogP contribution in [0.5, 0.6) is 0 Å². The lowest BCUT2D eigenvalue weighted by Gasteiger charge is -2.30. The zero-order valence-corrected chi connectivity index (χ0v) is 9.35. The van der Waals surface area contributed by atoms with E-state index in [1.54, 1.807) is 11.9 Å². The van der Waals surface area contributed by atoms with Crippen LogP contribution in [0.25, 0.3) is 0 Å². The number of nitrogen functional groups attached to an aromatic ring is 1. The summed E-state index contributed by atoms with van der Waals surface area (Å²) in [5.41, 5.74) is 5.61. The Balaban J connectivity index is 2.06. The molecule has 0 unspecified atom stereocenters. The van der Waals surface area contributed by atoms with Gasteiger partial charge in [0.25, 0.3) is 5.91 Å². The Hall–Kier alpha value is -1.59. The van der Waals surface area contributed by atoms with Crippen molar-refractivity contribution in [2.75, 3.05) is 12.8 Å². The third-order valence-electron chi connectivity index (χ3n) is 3.16. The van der Waals surface area contributed by atoms with Crippen molar-refractivity contribution in [3.63, 3.8) is 0 Å². The average Bonchev–Trinajstić information content (AvgIpc) is 2.75. The van der Waals surface area contributed by atoms with Crippen LogP contribution in [-0.2, 0) is 0 Å². The number of hydrogen-bond donors (Lipinski definition) is 1. The molecule has 6 nitrogen and oxygen atoms in total. The van der Waals surface area contributed by atoms with Crippen LogP contribution < -0.4 is 5.73 Å². The molecule has 2 N–H and O–H groups in total. The topological polar surface area (TPSA) is 85.2 Å². The zero-order chi connectivity index (χ0) is 11.5. The fourth-order valence-corrected chi connectivity index (χ4v) is 2.15. The molecule has 1 aromatic rings. The molecule has 16 heavy (non-hydrogen) atoms. The van der Waals surface area contributed by atoms with Gasteiger partial charge in [-0.2, -0.15) is 0 Å². The number of hydrogen-bond acceptors (Lipinski definition) is 5. The fourth-order valence-electron chi connectivity index (χ4n) is 2.15. The molecule has 1 fully saturated rings. The van der Waals surface area contributed by atoms with Crippen molar-refractivity contribution >= 4 is 11.7 Å². The lowest BCUT2D eigenvalue weighted by molar-refractivity contribution is 0.0686. The van der Waals surface area contributed by atoms with Crippen molar-refractivity contribution in [2.24, 2.45) is 0 Å². The van der Waals surface area contributed by atoms with Gasteiger partial charge in [-0.25, -0.2) is 4.63 Å². The van der Waals surface area contributed by atoms with Crippen molar-refractivity contribution < 1.29 is 9.42 Å². The van der Waals surface area contributed by atoms with E-state index in [2.05, 4.69) is 14.9 Å². The first-order valence-electron chi connectivity index (χ1n) is 5.55. The number of amides is 1. The molecule has 0 spiro atoms. The van der Waals surface area contributed by atoms with E-state index in [0.29, 0.717) is 0 Å². The van der Waals surface area contributed by atoms with E-state index in [-0.39, 0.29) is 23.5 Å². The van der Waals surface area contributed by atoms with E-state index in [9.17, 15) is 4.79 Å². The van der Waals surface area contributed by atoms with Crippen molar-refractivity contribution in [3.8, 4) is 0 Å². The van der Waals surface area contributed by atoms with Crippen LogP contribution in [0.2, 0.25) is 0 Å². The summed E-state index contributed by atoms with van der Waals surface area (Å²) in [5, 5.41) is 6.94. The monoisotopic (exact) mass is 224 g/mol. The molecule has 0 radical (unpaired) electrons. The van der Waals surface area contributed by atoms with E-state index < -0.39 is 0 Å². The lowest BCUT2D eigenvalue weighted by Crippen LogP contribution is -2.38. The Morgan fingerprint density at radius 1 is 1.38 bits per heavy atom. The summed E-state index contributed by atoms with van der Waals surface area (Å²) in [5.74, 6) is -0.140. The van der Waals surface area contributed by atoms with Crippen LogP contribution in [0.15, 0.2) is 4.63 Å². The molecule has 0 aromatic carbocycles. The SMILES string of the molecule is CN(C(=O)c1nonc1N)C1CCCCC1. The third kappa shape index (κ3) is 2.00. The summed E-state index contributed by atoms with van der Waals surface area (Å²) in [4.78, 5) is 13.7. The van der Waals surface area contributed by atoms with Gasteiger partial charge in [-0.3, -0.25) is 4.79 Å². The minimum atomic E-state index is -0.203. The van der Waals surface area contributed by atoms with Gasteiger partial charge >= 0.3 is 0 Å². The molecular formula is C10H16N4O2. The molecule has 0 bridgehead atoms. The summed E-state index contributed by atoms with van der Waals surface area (Å²) in [6.07, 6.45) is 5.71. The number of aromatic nitrogens is 2. The minimum Gasteiger partial charge on any atom is -0.379 e. The highest BCUT2D eigenvalue weighted by Gasteiger charge is 2.26. The van der Waals surface area contributed by atoms with Gasteiger partial charge in [0, 0.05) is 13.1 Å².